The lowest BCUT2D eigenvalue weighted by molar-refractivity contribution is -0.0695. The lowest BCUT2D eigenvalue weighted by Crippen LogP contribution is -2.55. The molecular weight excluding hydrogens is 592 g/mol. The summed E-state index contributed by atoms with van der Waals surface area (Å²) >= 11 is 0. The van der Waals surface area contributed by atoms with Crippen LogP contribution in [0.4, 0.5) is 0 Å². The molecule has 5 atom stereocenters. The van der Waals surface area contributed by atoms with Gasteiger partial charge in [0, 0.05) is 5.92 Å². The summed E-state index contributed by atoms with van der Waals surface area (Å²) in [5.41, 5.74) is -0.132. The van der Waals surface area contributed by atoms with Crippen molar-refractivity contribution in [2.24, 2.45) is 11.8 Å². The minimum Gasteiger partial charge on any atom is -0.414 e. The Labute approximate surface area is 271 Å². The van der Waals surface area contributed by atoms with E-state index in [-0.39, 0.29) is 19.6 Å². The molecule has 0 bridgehead atoms. The van der Waals surface area contributed by atoms with Gasteiger partial charge in [0.15, 0.2) is 16.6 Å². The fourth-order valence-corrected chi connectivity index (χ4v) is 19.9. The van der Waals surface area contributed by atoms with Crippen LogP contribution in [0.15, 0.2) is 60.7 Å². The van der Waals surface area contributed by atoms with Crippen LogP contribution in [0.1, 0.15) is 66.7 Å². The van der Waals surface area contributed by atoms with E-state index in [0.717, 1.165) is 12.8 Å². The summed E-state index contributed by atoms with van der Waals surface area (Å²) in [6.45, 7) is 24.7. The fourth-order valence-electron chi connectivity index (χ4n) is 7.61. The minimum atomic E-state index is -1.85. The predicted molar refractivity (Wildman–Crippen MR) is 202 cm³/mol. The Kier molecular flexibility index (Phi) is 14.0. The third-order valence-corrected chi connectivity index (χ3v) is 23.2. The first kappa shape index (κ1) is 36.9. The first-order valence-electron chi connectivity index (χ1n) is 17.5. The largest absolute Gasteiger partial charge is 0.414 e. The molecule has 0 radical (unpaired) electrons. The maximum absolute atomic E-state index is 7.41. The highest BCUT2D eigenvalue weighted by molar-refractivity contribution is 7.73. The molecule has 0 aliphatic carbocycles. The highest BCUT2D eigenvalue weighted by Crippen LogP contribution is 2.42. The van der Waals surface area contributed by atoms with E-state index in [9.17, 15) is 0 Å². The van der Waals surface area contributed by atoms with Gasteiger partial charge in [-0.1, -0.05) is 139 Å². The molecule has 0 spiro atoms. The van der Waals surface area contributed by atoms with Crippen molar-refractivity contribution in [1.29, 1.82) is 0 Å². The van der Waals surface area contributed by atoms with Crippen molar-refractivity contribution in [3.05, 3.63) is 60.7 Å². The number of hydrogen-bond donors (Lipinski definition) is 0. The van der Waals surface area contributed by atoms with Gasteiger partial charge < -0.3 is 8.85 Å². The van der Waals surface area contributed by atoms with Gasteiger partial charge in [-0.2, -0.15) is 0 Å². The van der Waals surface area contributed by atoms with Crippen molar-refractivity contribution in [1.82, 2.24) is 0 Å². The van der Waals surface area contributed by atoms with Crippen LogP contribution in [0.2, 0.25) is 63.0 Å². The van der Waals surface area contributed by atoms with Crippen LogP contribution in [0.25, 0.3) is 0 Å². The van der Waals surface area contributed by atoms with Gasteiger partial charge in [0.2, 0.25) is 0 Å². The Morgan fingerprint density at radius 1 is 0.814 bits per heavy atom. The van der Waals surface area contributed by atoms with Crippen LogP contribution in [-0.2, 0) is 8.85 Å². The van der Waals surface area contributed by atoms with Gasteiger partial charge in [-0.25, -0.2) is 0 Å². The van der Waals surface area contributed by atoms with Crippen molar-refractivity contribution in [3.8, 4) is 0 Å². The molecule has 0 N–H and O–H groups in total. The third kappa shape index (κ3) is 10.7. The van der Waals surface area contributed by atoms with E-state index in [0.29, 0.717) is 11.8 Å². The second-order valence-corrected chi connectivity index (χ2v) is 31.3. The molecule has 2 aromatic carbocycles. The van der Waals surface area contributed by atoms with Crippen LogP contribution in [0.5, 0.6) is 0 Å². The van der Waals surface area contributed by atoms with Gasteiger partial charge in [0.05, 0.1) is 19.8 Å². The van der Waals surface area contributed by atoms with Crippen LogP contribution in [0.3, 0.4) is 0 Å². The highest BCUT2D eigenvalue weighted by Gasteiger charge is 2.46. The SMILES string of the molecule is CCC1O[Si](C)(C)CCC[Si](C)(CCCP(c2ccccc2)c2ccccc2)CCC[Si](C)(C)OC(C)(C(C)CC)C1C. The summed E-state index contributed by atoms with van der Waals surface area (Å²) in [5, 5.41) is 3.06. The normalized spacial score (nSPS) is 29.6. The van der Waals surface area contributed by atoms with E-state index in [1.54, 1.807) is 0 Å². The zero-order valence-electron chi connectivity index (χ0n) is 29.5. The molecule has 0 saturated carbocycles. The average Bonchev–Trinajstić information content (AvgIpc) is 2.97. The van der Waals surface area contributed by atoms with Crippen LogP contribution >= 0.6 is 7.92 Å². The van der Waals surface area contributed by atoms with Crippen LogP contribution in [-0.4, -0.2) is 42.6 Å². The van der Waals surface area contributed by atoms with Gasteiger partial charge in [0.1, 0.15) is 0 Å². The van der Waals surface area contributed by atoms with Crippen molar-refractivity contribution in [3.63, 3.8) is 0 Å². The molecular formula is C37H65O2PSi3. The first-order valence-corrected chi connectivity index (χ1v) is 28.4. The van der Waals surface area contributed by atoms with E-state index in [2.05, 4.69) is 128 Å². The molecule has 6 heteroatoms. The van der Waals surface area contributed by atoms with Gasteiger partial charge in [-0.15, -0.1) is 0 Å². The van der Waals surface area contributed by atoms with Gasteiger partial charge >= 0.3 is 0 Å². The molecule has 1 saturated heterocycles. The summed E-state index contributed by atoms with van der Waals surface area (Å²) in [5.74, 6) is 0.922. The standard InChI is InChI=1S/C37H65O2PSi3/c1-11-32(3)37(5)33(4)36(12-2)38-41(6,7)27-20-30-43(10,31-21-28-42(8,9)39-37)29-19-26-40(34-22-15-13-16-23-34)35-24-17-14-18-25-35/h13-18,22-25,32-33,36H,11-12,19-21,26-31H2,1-10H3. The van der Waals surface area contributed by atoms with E-state index < -0.39 is 24.7 Å². The lowest BCUT2D eigenvalue weighted by Gasteiger charge is -2.49. The summed E-state index contributed by atoms with van der Waals surface area (Å²) in [6, 6.07) is 29.6. The Hall–Kier alpha value is -0.559. The monoisotopic (exact) mass is 656 g/mol. The second-order valence-electron chi connectivity index (χ2n) is 15.4. The van der Waals surface area contributed by atoms with Crippen LogP contribution < -0.4 is 10.6 Å². The summed E-state index contributed by atoms with van der Waals surface area (Å²) < 4.78 is 14.6. The molecule has 0 aromatic heterocycles. The molecule has 1 fully saturated rings. The first-order chi connectivity index (χ1) is 20.2. The zero-order valence-corrected chi connectivity index (χ0v) is 33.4. The lowest BCUT2D eigenvalue weighted by atomic mass is 9.76. The maximum atomic E-state index is 7.41. The molecule has 1 aliphatic heterocycles. The maximum Gasteiger partial charge on any atom is 0.187 e. The Morgan fingerprint density at radius 2 is 1.33 bits per heavy atom. The highest BCUT2D eigenvalue weighted by atomic mass is 31.1. The number of rotatable bonds is 9. The molecule has 0 amide bonds. The van der Waals surface area contributed by atoms with Crippen LogP contribution in [0, 0.1) is 11.8 Å². The zero-order chi connectivity index (χ0) is 31.7. The molecule has 1 aliphatic rings. The Balaban J connectivity index is 1.80. The smallest absolute Gasteiger partial charge is 0.187 e. The van der Waals surface area contributed by atoms with Crippen molar-refractivity contribution in [2.75, 3.05) is 6.16 Å². The molecule has 5 unspecified atom stereocenters. The van der Waals surface area contributed by atoms with Crippen molar-refractivity contribution in [2.45, 2.75) is 141 Å². The molecule has 43 heavy (non-hydrogen) atoms. The van der Waals surface area contributed by atoms with E-state index in [4.69, 9.17) is 8.85 Å². The molecule has 2 aromatic rings. The van der Waals surface area contributed by atoms with E-state index in [1.807, 2.05) is 0 Å². The molecule has 242 valence electrons. The molecule has 2 nitrogen and oxygen atoms in total. The molecule has 3 rings (SSSR count). The second kappa shape index (κ2) is 16.3. The summed E-state index contributed by atoms with van der Waals surface area (Å²) in [6.07, 6.45) is 7.89. The van der Waals surface area contributed by atoms with Gasteiger partial charge in [-0.3, -0.25) is 0 Å². The minimum absolute atomic E-state index is 0.132. The van der Waals surface area contributed by atoms with Gasteiger partial charge in [-0.05, 0) is 82.2 Å². The number of benzene rings is 2. The topological polar surface area (TPSA) is 18.5 Å². The average molecular weight is 657 g/mol. The summed E-state index contributed by atoms with van der Waals surface area (Å²) in [4.78, 5) is 0. The Morgan fingerprint density at radius 3 is 1.81 bits per heavy atom. The molecule has 1 heterocycles. The van der Waals surface area contributed by atoms with E-state index >= 15 is 0 Å². The van der Waals surface area contributed by atoms with Crippen molar-refractivity contribution >= 4 is 43.2 Å². The van der Waals surface area contributed by atoms with E-state index in [1.165, 1.54) is 66.3 Å². The van der Waals surface area contributed by atoms with Crippen molar-refractivity contribution < 1.29 is 8.85 Å². The Bertz CT molecular complexity index is 1040. The van der Waals surface area contributed by atoms with Gasteiger partial charge in [0.25, 0.3) is 0 Å². The summed E-state index contributed by atoms with van der Waals surface area (Å²) in [7, 11) is -5.33. The quantitative estimate of drug-likeness (QED) is 0.197. The third-order valence-electron chi connectivity index (χ3n) is 10.8. The number of hydrogen-bond acceptors (Lipinski definition) is 2. The fraction of sp³-hybridized carbons (Fsp3) is 0.676. The predicted octanol–water partition coefficient (Wildman–Crippen LogP) is 11.0.